The number of likely N-dealkylation sites (tertiary alicyclic amines) is 1. The fraction of sp³-hybridized carbons (Fsp3) is 0.938. The number of ether oxygens (including phenoxy) is 1. The van der Waals surface area contributed by atoms with Gasteiger partial charge in [-0.2, -0.15) is 0 Å². The molecule has 1 aliphatic heterocycles. The highest BCUT2D eigenvalue weighted by Gasteiger charge is 2.40. The highest BCUT2D eigenvalue weighted by atomic mass is 16.5. The van der Waals surface area contributed by atoms with Gasteiger partial charge in [0, 0.05) is 13.1 Å². The second-order valence-electron chi connectivity index (χ2n) is 7.38. The number of carbonyl (C=O) groups is 1. The molecule has 2 aliphatic rings. The number of rotatable bonds is 4. The molecule has 0 amide bonds. The molecule has 20 heavy (non-hydrogen) atoms. The van der Waals surface area contributed by atoms with E-state index in [0.717, 1.165) is 32.5 Å². The van der Waals surface area contributed by atoms with Crippen LogP contribution in [-0.2, 0) is 9.53 Å². The van der Waals surface area contributed by atoms with Gasteiger partial charge in [0.1, 0.15) is 0 Å². The molecule has 2 rings (SSSR count). The van der Waals surface area contributed by atoms with Gasteiger partial charge in [-0.1, -0.05) is 13.8 Å². The van der Waals surface area contributed by atoms with Crippen LogP contribution in [0.3, 0.4) is 0 Å². The Bertz CT molecular complexity index is 346. The number of β-amino-alcohol motifs (C(OH)–C–C–N with tert-alkyl or cyclic N) is 1. The Balaban J connectivity index is 1.81. The summed E-state index contributed by atoms with van der Waals surface area (Å²) in [5, 5.41) is 10.7. The lowest BCUT2D eigenvalue weighted by molar-refractivity contribution is -0.151. The van der Waals surface area contributed by atoms with Crippen LogP contribution in [0.15, 0.2) is 0 Å². The Hall–Kier alpha value is -0.610. The zero-order valence-electron chi connectivity index (χ0n) is 13.2. The Morgan fingerprint density at radius 2 is 1.95 bits per heavy atom. The Morgan fingerprint density at radius 3 is 2.45 bits per heavy atom. The summed E-state index contributed by atoms with van der Waals surface area (Å²) in [6.45, 7) is 9.76. The minimum atomic E-state index is -0.608. The number of hydrogen-bond acceptors (Lipinski definition) is 4. The van der Waals surface area contributed by atoms with Crippen LogP contribution < -0.4 is 0 Å². The quantitative estimate of drug-likeness (QED) is 0.804. The molecule has 0 aromatic carbocycles. The first-order valence-electron chi connectivity index (χ1n) is 7.95. The van der Waals surface area contributed by atoms with Gasteiger partial charge in [0.15, 0.2) is 0 Å². The standard InChI is InChI=1S/C16H29NO3/c1-4-20-14(18)13-5-7-16(19,8-6-13)12-17-10-9-15(2,3)11-17/h13,19H,4-12H2,1-3H3. The maximum atomic E-state index is 11.7. The first kappa shape index (κ1) is 15.8. The molecule has 116 valence electrons. The van der Waals surface area contributed by atoms with Crippen molar-refractivity contribution in [3.05, 3.63) is 0 Å². The van der Waals surface area contributed by atoms with Crippen molar-refractivity contribution in [2.24, 2.45) is 11.3 Å². The molecule has 0 spiro atoms. The zero-order chi connectivity index (χ0) is 14.8. The fourth-order valence-corrected chi connectivity index (χ4v) is 3.58. The fourth-order valence-electron chi connectivity index (χ4n) is 3.58. The van der Waals surface area contributed by atoms with Crippen molar-refractivity contribution in [2.75, 3.05) is 26.2 Å². The van der Waals surface area contributed by atoms with Crippen molar-refractivity contribution in [1.82, 2.24) is 4.90 Å². The average molecular weight is 283 g/mol. The van der Waals surface area contributed by atoms with E-state index in [1.54, 1.807) is 0 Å². The van der Waals surface area contributed by atoms with Gasteiger partial charge < -0.3 is 9.84 Å². The monoisotopic (exact) mass is 283 g/mol. The third-order valence-corrected chi connectivity index (χ3v) is 4.81. The highest BCUT2D eigenvalue weighted by Crippen LogP contribution is 2.36. The summed E-state index contributed by atoms with van der Waals surface area (Å²) in [5.74, 6) is -0.0953. The van der Waals surface area contributed by atoms with Gasteiger partial charge in [-0.25, -0.2) is 0 Å². The molecule has 4 nitrogen and oxygen atoms in total. The average Bonchev–Trinajstić information content (AvgIpc) is 2.69. The molecular weight excluding hydrogens is 254 g/mol. The Labute approximate surface area is 122 Å². The molecule has 4 heteroatoms. The van der Waals surface area contributed by atoms with Crippen molar-refractivity contribution in [3.63, 3.8) is 0 Å². The van der Waals surface area contributed by atoms with Crippen molar-refractivity contribution in [2.45, 2.75) is 58.5 Å². The van der Waals surface area contributed by atoms with Crippen LogP contribution in [0.4, 0.5) is 0 Å². The largest absolute Gasteiger partial charge is 0.466 e. The third-order valence-electron chi connectivity index (χ3n) is 4.81. The number of carbonyl (C=O) groups excluding carboxylic acids is 1. The molecule has 0 unspecified atom stereocenters. The topological polar surface area (TPSA) is 49.8 Å². The molecule has 1 heterocycles. The Morgan fingerprint density at radius 1 is 1.30 bits per heavy atom. The number of aliphatic hydroxyl groups is 1. The van der Waals surface area contributed by atoms with Crippen molar-refractivity contribution >= 4 is 5.97 Å². The molecule has 1 saturated carbocycles. The first-order valence-corrected chi connectivity index (χ1v) is 7.95. The van der Waals surface area contributed by atoms with Crippen LogP contribution in [0.25, 0.3) is 0 Å². The van der Waals surface area contributed by atoms with Gasteiger partial charge in [-0.05, 0) is 51.0 Å². The maximum Gasteiger partial charge on any atom is 0.308 e. The molecule has 0 bridgehead atoms. The van der Waals surface area contributed by atoms with Crippen LogP contribution >= 0.6 is 0 Å². The van der Waals surface area contributed by atoms with Crippen LogP contribution in [0.2, 0.25) is 0 Å². The van der Waals surface area contributed by atoms with E-state index in [0.29, 0.717) is 24.9 Å². The lowest BCUT2D eigenvalue weighted by Crippen LogP contribution is -2.46. The summed E-state index contributed by atoms with van der Waals surface area (Å²) in [6.07, 6.45) is 4.15. The zero-order valence-corrected chi connectivity index (χ0v) is 13.2. The van der Waals surface area contributed by atoms with Gasteiger partial charge in [-0.15, -0.1) is 0 Å². The van der Waals surface area contributed by atoms with Gasteiger partial charge in [0.05, 0.1) is 18.1 Å². The molecule has 1 aliphatic carbocycles. The van der Waals surface area contributed by atoms with E-state index in [4.69, 9.17) is 4.74 Å². The van der Waals surface area contributed by atoms with E-state index in [1.807, 2.05) is 6.92 Å². The smallest absolute Gasteiger partial charge is 0.308 e. The van der Waals surface area contributed by atoms with Gasteiger partial charge >= 0.3 is 5.97 Å². The maximum absolute atomic E-state index is 11.7. The normalized spacial score (nSPS) is 34.1. The molecule has 0 aromatic heterocycles. The van der Waals surface area contributed by atoms with Gasteiger partial charge in [-0.3, -0.25) is 9.69 Å². The Kier molecular flexibility index (Phi) is 4.75. The first-order chi connectivity index (χ1) is 9.34. The van der Waals surface area contributed by atoms with E-state index in [1.165, 1.54) is 6.42 Å². The van der Waals surface area contributed by atoms with Crippen LogP contribution in [0.5, 0.6) is 0 Å². The van der Waals surface area contributed by atoms with Crippen molar-refractivity contribution in [3.8, 4) is 0 Å². The summed E-state index contributed by atoms with van der Waals surface area (Å²) in [4.78, 5) is 14.1. The molecule has 0 radical (unpaired) electrons. The lowest BCUT2D eigenvalue weighted by Gasteiger charge is -2.38. The molecule has 1 N–H and O–H groups in total. The number of nitrogens with zero attached hydrogens (tertiary/aromatic N) is 1. The predicted molar refractivity (Wildman–Crippen MR) is 78.4 cm³/mol. The molecular formula is C16H29NO3. The summed E-state index contributed by atoms with van der Waals surface area (Å²) >= 11 is 0. The molecule has 0 atom stereocenters. The second-order valence-corrected chi connectivity index (χ2v) is 7.38. The minimum Gasteiger partial charge on any atom is -0.466 e. The van der Waals surface area contributed by atoms with Crippen molar-refractivity contribution < 1.29 is 14.6 Å². The number of esters is 1. The summed E-state index contributed by atoms with van der Waals surface area (Å²) in [6, 6.07) is 0. The third kappa shape index (κ3) is 3.95. The van der Waals surface area contributed by atoms with Crippen LogP contribution in [-0.4, -0.2) is 47.8 Å². The van der Waals surface area contributed by atoms with E-state index in [-0.39, 0.29) is 11.9 Å². The summed E-state index contributed by atoms with van der Waals surface area (Å²) in [7, 11) is 0. The van der Waals surface area contributed by atoms with Crippen LogP contribution in [0.1, 0.15) is 52.9 Å². The van der Waals surface area contributed by atoms with E-state index in [2.05, 4.69) is 18.7 Å². The van der Waals surface area contributed by atoms with Gasteiger partial charge in [0.25, 0.3) is 0 Å². The number of hydrogen-bond donors (Lipinski definition) is 1. The minimum absolute atomic E-state index is 0.00903. The van der Waals surface area contributed by atoms with Crippen molar-refractivity contribution in [1.29, 1.82) is 0 Å². The summed E-state index contributed by atoms with van der Waals surface area (Å²) in [5.41, 5.74) is -0.234. The molecule has 2 fully saturated rings. The molecule has 1 saturated heterocycles. The van der Waals surface area contributed by atoms with E-state index < -0.39 is 5.60 Å². The highest BCUT2D eigenvalue weighted by molar-refractivity contribution is 5.72. The SMILES string of the molecule is CCOC(=O)C1CCC(O)(CN2CCC(C)(C)C2)CC1. The second kappa shape index (κ2) is 6.02. The van der Waals surface area contributed by atoms with Crippen LogP contribution in [0, 0.1) is 11.3 Å². The summed E-state index contributed by atoms with van der Waals surface area (Å²) < 4.78 is 5.08. The van der Waals surface area contributed by atoms with E-state index in [9.17, 15) is 9.90 Å². The van der Waals surface area contributed by atoms with E-state index >= 15 is 0 Å². The molecule has 0 aromatic rings. The van der Waals surface area contributed by atoms with Gasteiger partial charge in [0.2, 0.25) is 0 Å². The predicted octanol–water partition coefficient (Wildman–Crippen LogP) is 2.20. The lowest BCUT2D eigenvalue weighted by atomic mass is 9.78.